The standard InChI is InChI=1S/C27H26F3NO5/c28-27(29,30)26(33)36-25(32)15-17-31-16-5-7-20-11-13-22(14-12-20)34-19-21-6-4-10-24(18-21)35-23-8-2-1-3-9-23/h1-4,6,8-14,18,31H,5,7,15-17,19H2. The number of halogens is 3. The van der Waals surface area contributed by atoms with Gasteiger partial charge in [-0.1, -0.05) is 42.5 Å². The van der Waals surface area contributed by atoms with Crippen molar-refractivity contribution in [2.75, 3.05) is 13.1 Å². The highest BCUT2D eigenvalue weighted by atomic mass is 19.4. The lowest BCUT2D eigenvalue weighted by atomic mass is 10.1. The predicted octanol–water partition coefficient (Wildman–Crippen LogP) is 5.60. The summed E-state index contributed by atoms with van der Waals surface area (Å²) in [5.41, 5.74) is 2.07. The average molecular weight is 502 g/mol. The van der Waals surface area contributed by atoms with Gasteiger partial charge in [0.15, 0.2) is 0 Å². The molecule has 3 aromatic rings. The molecule has 0 aromatic heterocycles. The Morgan fingerprint density at radius 1 is 0.778 bits per heavy atom. The molecule has 0 saturated heterocycles. The Kier molecular flexibility index (Phi) is 9.88. The number of alkyl halides is 3. The smallest absolute Gasteiger partial charge is 0.489 e. The first-order chi connectivity index (χ1) is 17.3. The molecule has 0 aliphatic carbocycles. The van der Waals surface area contributed by atoms with Crippen molar-refractivity contribution in [3.05, 3.63) is 90.0 Å². The molecule has 6 nitrogen and oxygen atoms in total. The summed E-state index contributed by atoms with van der Waals surface area (Å²) in [5.74, 6) is -1.47. The number of hydrogen-bond acceptors (Lipinski definition) is 6. The maximum atomic E-state index is 12.0. The number of hydrogen-bond donors (Lipinski definition) is 1. The molecule has 9 heteroatoms. The first-order valence-corrected chi connectivity index (χ1v) is 11.4. The third kappa shape index (κ3) is 9.42. The molecular weight excluding hydrogens is 475 g/mol. The van der Waals surface area contributed by atoms with Gasteiger partial charge < -0.3 is 19.5 Å². The molecule has 0 spiro atoms. The average Bonchev–Trinajstić information content (AvgIpc) is 2.86. The molecule has 0 saturated carbocycles. The van der Waals surface area contributed by atoms with Gasteiger partial charge in [0.2, 0.25) is 0 Å². The van der Waals surface area contributed by atoms with E-state index in [9.17, 15) is 22.8 Å². The maximum absolute atomic E-state index is 12.0. The number of carbonyl (C=O) groups is 2. The lowest BCUT2D eigenvalue weighted by molar-refractivity contribution is -0.201. The van der Waals surface area contributed by atoms with Gasteiger partial charge in [0.05, 0.1) is 6.42 Å². The molecule has 0 atom stereocenters. The summed E-state index contributed by atoms with van der Waals surface area (Å²) in [7, 11) is 0. The summed E-state index contributed by atoms with van der Waals surface area (Å²) in [6.07, 6.45) is -3.98. The Hall–Kier alpha value is -3.85. The van der Waals surface area contributed by atoms with Crippen LogP contribution in [0.5, 0.6) is 17.2 Å². The van der Waals surface area contributed by atoms with E-state index in [1.165, 1.54) is 0 Å². The van der Waals surface area contributed by atoms with Crippen LogP contribution in [-0.4, -0.2) is 31.2 Å². The van der Waals surface area contributed by atoms with Crippen molar-refractivity contribution in [3.8, 4) is 17.2 Å². The lowest BCUT2D eigenvalue weighted by Gasteiger charge is -2.10. The van der Waals surface area contributed by atoms with Gasteiger partial charge in [-0.3, -0.25) is 4.79 Å². The van der Waals surface area contributed by atoms with Crippen LogP contribution in [-0.2, 0) is 27.4 Å². The van der Waals surface area contributed by atoms with Crippen LogP contribution in [0.15, 0.2) is 78.9 Å². The van der Waals surface area contributed by atoms with Crippen LogP contribution in [0.2, 0.25) is 0 Å². The highest BCUT2D eigenvalue weighted by Gasteiger charge is 2.42. The normalized spacial score (nSPS) is 11.1. The Balaban J connectivity index is 1.32. The molecule has 0 aliphatic heterocycles. The van der Waals surface area contributed by atoms with Crippen LogP contribution in [0.3, 0.4) is 0 Å². The van der Waals surface area contributed by atoms with Gasteiger partial charge in [0.1, 0.15) is 23.9 Å². The molecule has 0 amide bonds. The third-order valence-corrected chi connectivity index (χ3v) is 4.97. The van der Waals surface area contributed by atoms with Crippen molar-refractivity contribution in [2.24, 2.45) is 0 Å². The zero-order chi connectivity index (χ0) is 25.8. The van der Waals surface area contributed by atoms with Crippen molar-refractivity contribution in [1.29, 1.82) is 0 Å². The number of nitrogens with one attached hydrogen (secondary N) is 1. The molecular formula is C27H26F3NO5. The van der Waals surface area contributed by atoms with Crippen molar-refractivity contribution >= 4 is 11.9 Å². The van der Waals surface area contributed by atoms with Gasteiger partial charge >= 0.3 is 18.1 Å². The quantitative estimate of drug-likeness (QED) is 0.198. The van der Waals surface area contributed by atoms with E-state index in [2.05, 4.69) is 10.1 Å². The van der Waals surface area contributed by atoms with Crippen LogP contribution in [0.4, 0.5) is 13.2 Å². The van der Waals surface area contributed by atoms with Gasteiger partial charge in [0.25, 0.3) is 0 Å². The lowest BCUT2D eigenvalue weighted by Crippen LogP contribution is -2.29. The molecule has 1 N–H and O–H groups in total. The van der Waals surface area contributed by atoms with Crippen LogP contribution in [0.1, 0.15) is 24.0 Å². The van der Waals surface area contributed by atoms with E-state index in [0.717, 1.165) is 41.2 Å². The molecule has 36 heavy (non-hydrogen) atoms. The zero-order valence-electron chi connectivity index (χ0n) is 19.4. The van der Waals surface area contributed by atoms with E-state index in [-0.39, 0.29) is 13.0 Å². The van der Waals surface area contributed by atoms with Crippen LogP contribution >= 0.6 is 0 Å². The van der Waals surface area contributed by atoms with Gasteiger partial charge in [-0.15, -0.1) is 0 Å². The van der Waals surface area contributed by atoms with Gasteiger partial charge in [-0.25, -0.2) is 4.79 Å². The summed E-state index contributed by atoms with van der Waals surface area (Å²) in [6, 6.07) is 24.9. The highest BCUT2D eigenvalue weighted by Crippen LogP contribution is 2.23. The molecule has 0 heterocycles. The van der Waals surface area contributed by atoms with Crippen molar-refractivity contribution in [3.63, 3.8) is 0 Å². The minimum absolute atomic E-state index is 0.119. The van der Waals surface area contributed by atoms with Crippen LogP contribution in [0, 0.1) is 0 Å². The fourth-order valence-electron chi connectivity index (χ4n) is 3.19. The summed E-state index contributed by atoms with van der Waals surface area (Å²) in [5, 5.41) is 2.94. The number of aryl methyl sites for hydroxylation is 1. The molecule has 0 unspecified atom stereocenters. The monoisotopic (exact) mass is 501 g/mol. The molecule has 0 bridgehead atoms. The zero-order valence-corrected chi connectivity index (χ0v) is 19.4. The van der Waals surface area contributed by atoms with Crippen molar-refractivity contribution in [1.82, 2.24) is 5.32 Å². The number of carbonyl (C=O) groups excluding carboxylic acids is 2. The Morgan fingerprint density at radius 3 is 2.22 bits per heavy atom. The van der Waals surface area contributed by atoms with E-state index in [1.54, 1.807) is 0 Å². The predicted molar refractivity (Wildman–Crippen MR) is 127 cm³/mol. The molecule has 3 aromatic carbocycles. The van der Waals surface area contributed by atoms with Crippen molar-refractivity contribution in [2.45, 2.75) is 32.0 Å². The SMILES string of the molecule is O=C(CCNCCCc1ccc(OCc2cccc(Oc3ccccc3)c2)cc1)OC(=O)C(F)(F)F. The summed E-state index contributed by atoms with van der Waals surface area (Å²) < 4.78 is 51.5. The summed E-state index contributed by atoms with van der Waals surface area (Å²) in [6.45, 7) is 1.07. The summed E-state index contributed by atoms with van der Waals surface area (Å²) >= 11 is 0. The number of benzene rings is 3. The highest BCUT2D eigenvalue weighted by molar-refractivity contribution is 5.88. The van der Waals surface area contributed by atoms with E-state index >= 15 is 0 Å². The number of ether oxygens (including phenoxy) is 3. The van der Waals surface area contributed by atoms with E-state index in [1.807, 2.05) is 78.9 Å². The second-order valence-corrected chi connectivity index (χ2v) is 7.86. The molecule has 0 radical (unpaired) electrons. The summed E-state index contributed by atoms with van der Waals surface area (Å²) in [4.78, 5) is 21.8. The number of para-hydroxylation sites is 1. The van der Waals surface area contributed by atoms with E-state index < -0.39 is 18.1 Å². The van der Waals surface area contributed by atoms with Gasteiger partial charge in [0, 0.05) is 6.54 Å². The second-order valence-electron chi connectivity index (χ2n) is 7.86. The van der Waals surface area contributed by atoms with E-state index in [4.69, 9.17) is 9.47 Å². The Bertz CT molecular complexity index is 1120. The topological polar surface area (TPSA) is 73.9 Å². The van der Waals surface area contributed by atoms with Gasteiger partial charge in [-0.05, 0) is 66.9 Å². The minimum Gasteiger partial charge on any atom is -0.489 e. The third-order valence-electron chi connectivity index (χ3n) is 4.97. The van der Waals surface area contributed by atoms with E-state index in [0.29, 0.717) is 13.2 Å². The molecule has 190 valence electrons. The van der Waals surface area contributed by atoms with Crippen molar-refractivity contribution < 1.29 is 37.0 Å². The Labute approximate surface area is 207 Å². The number of rotatable bonds is 12. The minimum atomic E-state index is -5.17. The van der Waals surface area contributed by atoms with Gasteiger partial charge in [-0.2, -0.15) is 13.2 Å². The molecule has 0 fully saturated rings. The second kappa shape index (κ2) is 13.3. The first kappa shape index (κ1) is 26.7. The number of esters is 2. The molecule has 0 aliphatic rings. The first-order valence-electron chi connectivity index (χ1n) is 11.4. The van der Waals surface area contributed by atoms with Crippen LogP contribution < -0.4 is 14.8 Å². The fourth-order valence-corrected chi connectivity index (χ4v) is 3.19. The maximum Gasteiger partial charge on any atom is 0.491 e. The molecule has 3 rings (SSSR count). The van der Waals surface area contributed by atoms with Crippen LogP contribution in [0.25, 0.3) is 0 Å². The largest absolute Gasteiger partial charge is 0.491 e. The fraction of sp³-hybridized carbons (Fsp3) is 0.259. The Morgan fingerprint density at radius 2 is 1.50 bits per heavy atom.